The van der Waals surface area contributed by atoms with Crippen molar-refractivity contribution < 1.29 is 37.3 Å². The van der Waals surface area contributed by atoms with Crippen LogP contribution in [0.5, 0.6) is 0 Å². The molecule has 0 heterocycles. The molecule has 404 valence electrons. The molecule has 3 atom stereocenters. The number of nitrogens with one attached hydrogen (secondary N) is 1. The molecule has 0 saturated carbocycles. The molecule has 0 bridgehead atoms. The Balaban J connectivity index is 5.37. The van der Waals surface area contributed by atoms with E-state index in [9.17, 15) is 19.0 Å². The average molecular weight is 993 g/mol. The third-order valence-corrected chi connectivity index (χ3v) is 13.8. The summed E-state index contributed by atoms with van der Waals surface area (Å²) in [7, 11) is 1.49. The van der Waals surface area contributed by atoms with E-state index in [1.54, 1.807) is 0 Å². The summed E-state index contributed by atoms with van der Waals surface area (Å²) in [6.07, 6.45) is 59.5. The molecule has 0 spiro atoms. The summed E-state index contributed by atoms with van der Waals surface area (Å²) < 4.78 is 30.6. The highest BCUT2D eigenvalue weighted by molar-refractivity contribution is 7.47. The molecule has 0 radical (unpaired) electrons. The zero-order valence-corrected chi connectivity index (χ0v) is 47.0. The maximum absolute atomic E-state index is 13.5. The largest absolute Gasteiger partial charge is 0.472 e. The van der Waals surface area contributed by atoms with E-state index in [1.165, 1.54) is 141 Å². The fourth-order valence-corrected chi connectivity index (χ4v) is 9.04. The smallest absolute Gasteiger partial charge is 0.456 e. The van der Waals surface area contributed by atoms with Crippen molar-refractivity contribution in [1.82, 2.24) is 5.32 Å². The van der Waals surface area contributed by atoms with E-state index in [2.05, 4.69) is 62.5 Å². The van der Waals surface area contributed by atoms with Crippen LogP contribution in [-0.4, -0.2) is 74.3 Å². The number of unbranched alkanes of at least 4 members (excludes halogenated alkanes) is 30. The van der Waals surface area contributed by atoms with Crippen molar-refractivity contribution in [1.29, 1.82) is 0 Å². The minimum atomic E-state index is -4.45. The van der Waals surface area contributed by atoms with Gasteiger partial charge in [0.15, 0.2) is 0 Å². The predicted octanol–water partition coefficient (Wildman–Crippen LogP) is 17.3. The molecule has 0 fully saturated rings. The summed E-state index contributed by atoms with van der Waals surface area (Å²) in [5.41, 5.74) is 0. The van der Waals surface area contributed by atoms with Crippen LogP contribution < -0.4 is 5.32 Å². The number of allylic oxidation sites excluding steroid dienone is 7. The second-order valence-corrected chi connectivity index (χ2v) is 22.2. The zero-order chi connectivity index (χ0) is 50.8. The van der Waals surface area contributed by atoms with Crippen molar-refractivity contribution in [2.75, 3.05) is 40.9 Å². The number of hydrogen-bond donors (Lipinski definition) is 2. The van der Waals surface area contributed by atoms with Crippen LogP contribution in [0, 0.1) is 0 Å². The molecular weight excluding hydrogens is 880 g/mol. The number of carbonyl (C=O) groups is 2. The molecule has 0 saturated heterocycles. The van der Waals surface area contributed by atoms with Crippen LogP contribution in [0.15, 0.2) is 48.6 Å². The van der Waals surface area contributed by atoms with Crippen LogP contribution in [0.25, 0.3) is 0 Å². The van der Waals surface area contributed by atoms with Crippen LogP contribution in [0.3, 0.4) is 0 Å². The number of hydrogen-bond acceptors (Lipinski definition) is 6. The van der Waals surface area contributed by atoms with Crippen LogP contribution in [0.4, 0.5) is 0 Å². The highest BCUT2D eigenvalue weighted by Crippen LogP contribution is 2.43. The first-order chi connectivity index (χ1) is 33.4. The van der Waals surface area contributed by atoms with Crippen LogP contribution >= 0.6 is 7.82 Å². The van der Waals surface area contributed by atoms with E-state index in [0.717, 1.165) is 89.9 Å². The van der Waals surface area contributed by atoms with Gasteiger partial charge in [0.2, 0.25) is 5.91 Å². The molecule has 0 aliphatic carbocycles. The molecule has 2 N–H and O–H groups in total. The molecule has 0 aliphatic rings. The van der Waals surface area contributed by atoms with E-state index in [1.807, 2.05) is 33.3 Å². The topological polar surface area (TPSA) is 111 Å². The van der Waals surface area contributed by atoms with Crippen molar-refractivity contribution in [2.24, 2.45) is 0 Å². The zero-order valence-electron chi connectivity index (χ0n) is 46.1. The van der Waals surface area contributed by atoms with Crippen molar-refractivity contribution in [3.05, 3.63) is 48.6 Å². The third kappa shape index (κ3) is 50.7. The van der Waals surface area contributed by atoms with Gasteiger partial charge >= 0.3 is 13.8 Å². The highest BCUT2D eigenvalue weighted by Gasteiger charge is 2.30. The Morgan fingerprint density at radius 2 is 0.928 bits per heavy atom. The van der Waals surface area contributed by atoms with Gasteiger partial charge in [0.1, 0.15) is 19.3 Å². The molecular formula is C59H112N2O7P+. The minimum Gasteiger partial charge on any atom is -0.456 e. The number of carbonyl (C=O) groups excluding carboxylic acids is 2. The van der Waals surface area contributed by atoms with Crippen molar-refractivity contribution in [2.45, 2.75) is 277 Å². The minimum absolute atomic E-state index is 0.0382. The summed E-state index contributed by atoms with van der Waals surface area (Å²) in [4.78, 5) is 37.6. The number of nitrogens with zero attached hydrogens (tertiary/aromatic N) is 1. The van der Waals surface area contributed by atoms with Gasteiger partial charge in [-0.15, -0.1) is 0 Å². The quantitative estimate of drug-likeness (QED) is 0.0205. The number of esters is 1. The summed E-state index contributed by atoms with van der Waals surface area (Å²) in [5.74, 6) is -0.513. The van der Waals surface area contributed by atoms with E-state index in [-0.39, 0.29) is 25.1 Å². The van der Waals surface area contributed by atoms with E-state index < -0.39 is 20.0 Å². The van der Waals surface area contributed by atoms with Gasteiger partial charge in [-0.3, -0.25) is 18.6 Å². The number of ether oxygens (including phenoxy) is 1. The molecule has 0 aliphatic heterocycles. The number of amides is 1. The Bertz CT molecular complexity index is 1330. The van der Waals surface area contributed by atoms with Crippen LogP contribution in [0.1, 0.15) is 265 Å². The first kappa shape index (κ1) is 67.0. The Kier molecular flexibility index (Phi) is 48.1. The molecule has 1 amide bonds. The second-order valence-electron chi connectivity index (χ2n) is 20.8. The monoisotopic (exact) mass is 992 g/mol. The maximum Gasteiger partial charge on any atom is 0.472 e. The first-order valence-electron chi connectivity index (χ1n) is 29.0. The lowest BCUT2D eigenvalue weighted by Gasteiger charge is -2.27. The van der Waals surface area contributed by atoms with Crippen LogP contribution in [-0.2, 0) is 27.9 Å². The highest BCUT2D eigenvalue weighted by atomic mass is 31.2. The maximum atomic E-state index is 13.5. The fourth-order valence-electron chi connectivity index (χ4n) is 8.31. The van der Waals surface area contributed by atoms with Gasteiger partial charge in [-0.1, -0.05) is 237 Å². The van der Waals surface area contributed by atoms with Crippen molar-refractivity contribution in [3.8, 4) is 0 Å². The van der Waals surface area contributed by atoms with Gasteiger partial charge in [-0.25, -0.2) is 4.57 Å². The molecule has 0 aromatic heterocycles. The SMILES string of the molecule is CC/C=C/C/C=C/C/C=C/CCCCCCCCC(=O)NC(COP(=O)(O)OCC[N+](C)(C)C)C(/C=C/CCCCCCCCCCCCC)OC(=O)CCCCCCCCCCCCCCCC. The first-order valence-corrected chi connectivity index (χ1v) is 30.5. The standard InChI is InChI=1S/C59H111N2O7P/c1-7-10-13-16-19-22-25-28-30-31-33-36-39-42-45-48-51-58(62)60-56(55-67-69(64,65)66-54-53-61(4,5)6)57(50-47-44-41-38-35-32-27-24-21-18-15-12-9-3)68-59(63)52-49-46-43-40-37-34-29-26-23-20-17-14-11-8-2/h10,13,19,22,28,30,47,50,56-57H,7-9,11-12,14-18,20-21,23-27,29,31-46,48-49,51-55H2,1-6H3,(H-,60,62,64,65)/p+1/b13-10+,22-19+,30-28+,50-47+. The van der Waals surface area contributed by atoms with Gasteiger partial charge in [0.05, 0.1) is 33.8 Å². The number of quaternary nitrogens is 1. The summed E-state index contributed by atoms with van der Waals surface area (Å²) >= 11 is 0. The lowest BCUT2D eigenvalue weighted by atomic mass is 10.0. The third-order valence-electron chi connectivity index (χ3n) is 12.8. The lowest BCUT2D eigenvalue weighted by molar-refractivity contribution is -0.870. The molecule has 0 rings (SSSR count). The van der Waals surface area contributed by atoms with Gasteiger partial charge in [-0.2, -0.15) is 0 Å². The molecule has 10 heteroatoms. The van der Waals surface area contributed by atoms with Gasteiger partial charge in [0, 0.05) is 12.8 Å². The molecule has 69 heavy (non-hydrogen) atoms. The number of rotatable bonds is 52. The average Bonchev–Trinajstić information content (AvgIpc) is 3.31. The summed E-state index contributed by atoms with van der Waals surface area (Å²) in [5, 5.41) is 3.05. The Hall–Kier alpha value is -2.03. The lowest BCUT2D eigenvalue weighted by Crippen LogP contribution is -2.47. The molecule has 0 aromatic carbocycles. The molecule has 0 aromatic rings. The predicted molar refractivity (Wildman–Crippen MR) is 295 cm³/mol. The van der Waals surface area contributed by atoms with Gasteiger partial charge in [0.25, 0.3) is 0 Å². The van der Waals surface area contributed by atoms with Crippen LogP contribution in [0.2, 0.25) is 0 Å². The van der Waals surface area contributed by atoms with Gasteiger partial charge in [-0.05, 0) is 63.9 Å². The Morgan fingerprint density at radius 3 is 1.39 bits per heavy atom. The van der Waals surface area contributed by atoms with E-state index in [0.29, 0.717) is 23.9 Å². The Labute approximate surface area is 427 Å². The normalized spacial score (nSPS) is 14.1. The fraction of sp³-hybridized carbons (Fsp3) is 0.831. The van der Waals surface area contributed by atoms with E-state index in [4.69, 9.17) is 13.8 Å². The number of phosphoric acid groups is 1. The van der Waals surface area contributed by atoms with Crippen molar-refractivity contribution in [3.63, 3.8) is 0 Å². The molecule has 9 nitrogen and oxygen atoms in total. The second kappa shape index (κ2) is 49.5. The van der Waals surface area contributed by atoms with E-state index >= 15 is 0 Å². The van der Waals surface area contributed by atoms with Gasteiger partial charge < -0.3 is 19.4 Å². The molecule has 3 unspecified atom stereocenters. The summed E-state index contributed by atoms with van der Waals surface area (Å²) in [6, 6.07) is -0.852. The summed E-state index contributed by atoms with van der Waals surface area (Å²) in [6.45, 7) is 6.90. The van der Waals surface area contributed by atoms with Crippen molar-refractivity contribution >= 4 is 19.7 Å². The number of likely N-dealkylation sites (N-methyl/N-ethyl adjacent to an activating group) is 1. The Morgan fingerprint density at radius 1 is 0.522 bits per heavy atom. The number of phosphoric ester groups is 1.